The number of anilines is 1. The number of fused-ring (bicyclic) bond motifs is 1. The van der Waals surface area contributed by atoms with Gasteiger partial charge in [0.25, 0.3) is 0 Å². The Kier molecular flexibility index (Phi) is 7.69. The maximum atomic E-state index is 13.1. The zero-order chi connectivity index (χ0) is 26.8. The van der Waals surface area contributed by atoms with Crippen molar-refractivity contribution in [2.45, 2.75) is 50.5 Å². The largest absolute Gasteiger partial charge is 0.444 e. The van der Waals surface area contributed by atoms with Gasteiger partial charge in [0.2, 0.25) is 5.91 Å². The number of carbonyl (C=O) groups is 2. The number of hydrogen-bond donors (Lipinski definition) is 1. The minimum absolute atomic E-state index is 0.0788. The van der Waals surface area contributed by atoms with Crippen LogP contribution in [-0.4, -0.2) is 49.0 Å². The Morgan fingerprint density at radius 2 is 1.81 bits per heavy atom. The van der Waals surface area contributed by atoms with Gasteiger partial charge >= 0.3 is 16.2 Å². The summed E-state index contributed by atoms with van der Waals surface area (Å²) in [6, 6.07) is 8.94. The second kappa shape index (κ2) is 10.6. The van der Waals surface area contributed by atoms with Crippen molar-refractivity contribution in [3.8, 4) is 5.75 Å². The van der Waals surface area contributed by atoms with Crippen molar-refractivity contribution in [1.82, 2.24) is 9.88 Å². The number of amides is 2. The molecule has 2 amide bonds. The lowest BCUT2D eigenvalue weighted by atomic mass is 9.93. The average molecular weight is 550 g/mol. The summed E-state index contributed by atoms with van der Waals surface area (Å²) in [7, 11) is -4.13. The summed E-state index contributed by atoms with van der Waals surface area (Å²) < 4.78 is 49.3. The molecule has 1 aliphatic heterocycles. The second-order valence-corrected chi connectivity index (χ2v) is 12.4. The van der Waals surface area contributed by atoms with Gasteiger partial charge in [-0.1, -0.05) is 11.3 Å². The third-order valence-corrected chi connectivity index (χ3v) is 7.85. The molecule has 4 rings (SSSR count). The molecular formula is C25H28FN3O6S2. The van der Waals surface area contributed by atoms with Crippen molar-refractivity contribution in [1.29, 1.82) is 0 Å². The van der Waals surface area contributed by atoms with Gasteiger partial charge in [0.15, 0.2) is 5.13 Å². The van der Waals surface area contributed by atoms with Crippen molar-refractivity contribution in [2.75, 3.05) is 18.4 Å². The van der Waals surface area contributed by atoms with Crippen molar-refractivity contribution in [2.24, 2.45) is 5.92 Å². The SMILES string of the molecule is CC(C)(C)OC(=O)N1CCC(CC(=O)Nc2nc3ccc(OS(=O)(=O)c4ccc(F)cc4)cc3s2)CC1. The second-order valence-electron chi connectivity index (χ2n) is 9.80. The van der Waals surface area contributed by atoms with Crippen LogP contribution in [-0.2, 0) is 19.6 Å². The summed E-state index contributed by atoms with van der Waals surface area (Å²) >= 11 is 1.20. The fourth-order valence-electron chi connectivity index (χ4n) is 3.86. The van der Waals surface area contributed by atoms with E-state index < -0.39 is 21.5 Å². The van der Waals surface area contributed by atoms with Crippen molar-refractivity contribution < 1.29 is 31.3 Å². The third kappa shape index (κ3) is 7.16. The third-order valence-electron chi connectivity index (χ3n) is 5.65. The fraction of sp³-hybridized carbons (Fsp3) is 0.400. The van der Waals surface area contributed by atoms with E-state index in [0.717, 1.165) is 24.3 Å². The quantitative estimate of drug-likeness (QED) is 0.422. The highest BCUT2D eigenvalue weighted by molar-refractivity contribution is 7.87. The Hall–Kier alpha value is -3.25. The van der Waals surface area contributed by atoms with E-state index in [-0.39, 0.29) is 28.6 Å². The number of piperidine rings is 1. The van der Waals surface area contributed by atoms with Gasteiger partial charge in [0.05, 0.1) is 10.2 Å². The van der Waals surface area contributed by atoms with Crippen molar-refractivity contribution >= 4 is 48.8 Å². The van der Waals surface area contributed by atoms with Gasteiger partial charge in [-0.3, -0.25) is 4.79 Å². The highest BCUT2D eigenvalue weighted by Gasteiger charge is 2.28. The molecule has 1 aliphatic rings. The molecule has 1 saturated heterocycles. The number of nitrogens with zero attached hydrogens (tertiary/aromatic N) is 2. The highest BCUT2D eigenvalue weighted by atomic mass is 32.2. The van der Waals surface area contributed by atoms with Crippen molar-refractivity contribution in [3.63, 3.8) is 0 Å². The summed E-state index contributed by atoms with van der Waals surface area (Å²) in [6.45, 7) is 6.56. The van der Waals surface area contributed by atoms with E-state index in [4.69, 9.17) is 8.92 Å². The molecule has 1 fully saturated rings. The number of ether oxygens (including phenoxy) is 1. The average Bonchev–Trinajstić information content (AvgIpc) is 3.19. The lowest BCUT2D eigenvalue weighted by Crippen LogP contribution is -2.42. The van der Waals surface area contributed by atoms with Gasteiger partial charge in [-0.25, -0.2) is 14.2 Å². The predicted molar refractivity (Wildman–Crippen MR) is 138 cm³/mol. The molecular weight excluding hydrogens is 521 g/mol. The zero-order valence-electron chi connectivity index (χ0n) is 20.7. The van der Waals surface area contributed by atoms with E-state index in [2.05, 4.69) is 10.3 Å². The Balaban J connectivity index is 1.32. The van der Waals surface area contributed by atoms with Crippen LogP contribution in [0.1, 0.15) is 40.0 Å². The summed E-state index contributed by atoms with van der Waals surface area (Å²) in [4.78, 5) is 30.7. The highest BCUT2D eigenvalue weighted by Crippen LogP contribution is 2.31. The number of benzene rings is 2. The number of likely N-dealkylation sites (tertiary alicyclic amines) is 1. The summed E-state index contributed by atoms with van der Waals surface area (Å²) in [5.74, 6) is -0.504. The monoisotopic (exact) mass is 549 g/mol. The van der Waals surface area contributed by atoms with Gasteiger partial charge in [0.1, 0.15) is 22.1 Å². The number of carbonyl (C=O) groups excluding carboxylic acids is 2. The maximum absolute atomic E-state index is 13.1. The number of thiazole rings is 1. The van der Waals surface area contributed by atoms with Gasteiger partial charge in [-0.15, -0.1) is 0 Å². The molecule has 12 heteroatoms. The number of aromatic nitrogens is 1. The first-order valence-electron chi connectivity index (χ1n) is 11.8. The molecule has 198 valence electrons. The topological polar surface area (TPSA) is 115 Å². The van der Waals surface area contributed by atoms with Gasteiger partial charge in [0, 0.05) is 25.6 Å². The van der Waals surface area contributed by atoms with E-state index in [1.807, 2.05) is 20.8 Å². The Labute approximate surface area is 218 Å². The minimum atomic E-state index is -4.13. The van der Waals surface area contributed by atoms with Gasteiger partial charge in [-0.2, -0.15) is 8.42 Å². The van der Waals surface area contributed by atoms with Crippen LogP contribution in [0.2, 0.25) is 0 Å². The lowest BCUT2D eigenvalue weighted by molar-refractivity contribution is -0.117. The minimum Gasteiger partial charge on any atom is -0.444 e. The van der Waals surface area contributed by atoms with Crippen molar-refractivity contribution in [3.05, 3.63) is 48.3 Å². The van der Waals surface area contributed by atoms with E-state index in [1.54, 1.807) is 11.0 Å². The van der Waals surface area contributed by atoms with Crippen LogP contribution in [0.5, 0.6) is 5.75 Å². The first kappa shape index (κ1) is 26.8. The molecule has 0 saturated carbocycles. The van der Waals surface area contributed by atoms with Crippen LogP contribution in [0, 0.1) is 11.7 Å². The van der Waals surface area contributed by atoms with E-state index in [0.29, 0.717) is 47.7 Å². The normalized spacial score (nSPS) is 15.0. The Bertz CT molecular complexity index is 1390. The van der Waals surface area contributed by atoms with E-state index >= 15 is 0 Å². The standard InChI is InChI=1S/C25H28FN3O6S2/c1-25(2,3)34-24(31)29-12-10-16(11-13-29)14-22(30)28-23-27-20-9-6-18(15-21(20)36-23)35-37(32,33)19-7-4-17(26)5-8-19/h4-9,15-16H,10-14H2,1-3H3,(H,27,28,30). The number of halogens is 1. The summed E-state index contributed by atoms with van der Waals surface area (Å²) in [5, 5.41) is 3.20. The number of rotatable bonds is 6. The first-order chi connectivity index (χ1) is 17.4. The van der Waals surface area contributed by atoms with Crippen LogP contribution < -0.4 is 9.50 Å². The molecule has 1 aromatic heterocycles. The molecule has 9 nitrogen and oxygen atoms in total. The smallest absolute Gasteiger partial charge is 0.410 e. The number of hydrogen-bond acceptors (Lipinski definition) is 8. The van der Waals surface area contributed by atoms with Crippen LogP contribution in [0.15, 0.2) is 47.4 Å². The molecule has 0 bridgehead atoms. The van der Waals surface area contributed by atoms with Crippen LogP contribution in [0.25, 0.3) is 10.2 Å². The van der Waals surface area contributed by atoms with Gasteiger partial charge < -0.3 is 19.1 Å². The molecule has 0 aliphatic carbocycles. The van der Waals surface area contributed by atoms with Gasteiger partial charge in [-0.05, 0) is 75.9 Å². The molecule has 0 spiro atoms. The summed E-state index contributed by atoms with van der Waals surface area (Å²) in [6.07, 6.45) is 1.38. The zero-order valence-corrected chi connectivity index (χ0v) is 22.3. The molecule has 2 aromatic carbocycles. The molecule has 0 radical (unpaired) electrons. The molecule has 3 aromatic rings. The van der Waals surface area contributed by atoms with Crippen LogP contribution in [0.4, 0.5) is 14.3 Å². The predicted octanol–water partition coefficient (Wildman–Crippen LogP) is 5.18. The first-order valence-corrected chi connectivity index (χ1v) is 14.0. The lowest BCUT2D eigenvalue weighted by Gasteiger charge is -2.33. The van der Waals surface area contributed by atoms with Crippen LogP contribution in [0.3, 0.4) is 0 Å². The molecule has 37 heavy (non-hydrogen) atoms. The number of nitrogens with one attached hydrogen (secondary N) is 1. The molecule has 2 heterocycles. The fourth-order valence-corrected chi connectivity index (χ4v) is 5.70. The molecule has 0 atom stereocenters. The van der Waals surface area contributed by atoms with E-state index in [1.165, 1.54) is 23.5 Å². The molecule has 0 unspecified atom stereocenters. The van der Waals surface area contributed by atoms with Crippen LogP contribution >= 0.6 is 11.3 Å². The Morgan fingerprint density at radius 3 is 2.46 bits per heavy atom. The Morgan fingerprint density at radius 1 is 1.14 bits per heavy atom. The van der Waals surface area contributed by atoms with E-state index in [9.17, 15) is 22.4 Å². The summed E-state index contributed by atoms with van der Waals surface area (Å²) in [5.41, 5.74) is 0.0342. The maximum Gasteiger partial charge on any atom is 0.410 e. The molecule has 1 N–H and O–H groups in total.